The van der Waals surface area contributed by atoms with Crippen LogP contribution in [0.25, 0.3) is 17.2 Å². The average Bonchev–Trinajstić information content (AvgIpc) is 3.15. The first-order valence-electron chi connectivity index (χ1n) is 10.4. The van der Waals surface area contributed by atoms with Crippen molar-refractivity contribution in [3.05, 3.63) is 61.0 Å². The molecule has 9 nitrogen and oxygen atoms in total. The first-order valence-corrected chi connectivity index (χ1v) is 10.8. The van der Waals surface area contributed by atoms with Gasteiger partial charge in [-0.25, -0.2) is 14.6 Å². The molecule has 0 spiro atoms. The number of nitrogens with one attached hydrogen (secondary N) is 1. The molecule has 0 unspecified atom stereocenters. The van der Waals surface area contributed by atoms with E-state index < -0.39 is 17.2 Å². The van der Waals surface area contributed by atoms with Gasteiger partial charge in [0.1, 0.15) is 24.8 Å². The molecule has 32 heavy (non-hydrogen) atoms. The molecule has 2 aromatic heterocycles. The van der Waals surface area contributed by atoms with E-state index in [9.17, 15) is 14.4 Å². The van der Waals surface area contributed by atoms with Crippen molar-refractivity contribution in [3.63, 3.8) is 0 Å². The van der Waals surface area contributed by atoms with Crippen molar-refractivity contribution in [3.8, 4) is 5.75 Å². The fourth-order valence-corrected chi connectivity index (χ4v) is 3.86. The molecule has 0 saturated heterocycles. The van der Waals surface area contributed by atoms with Crippen LogP contribution in [-0.4, -0.2) is 31.7 Å². The molecule has 1 aliphatic rings. The fraction of sp³-hybridized carbons (Fsp3) is 0.364. The fourth-order valence-electron chi connectivity index (χ4n) is 3.68. The summed E-state index contributed by atoms with van der Waals surface area (Å²) in [6.45, 7) is 4.66. The standard InChI is InChI=1S/C22H23ClN4O5/c1-3-5-8-27-19-18(20(28)25-22(27)30)26(4-2)17(24-19)12-32-21(29)14-9-13-10-15(23)6-7-16(13)31-11-14/h6-7,9-10H,3-5,8,11-12H2,1-2H3,(H,25,28,30). The lowest BCUT2D eigenvalue weighted by Crippen LogP contribution is -2.31. The lowest BCUT2D eigenvalue weighted by Gasteiger charge is -2.17. The molecule has 10 heteroatoms. The van der Waals surface area contributed by atoms with Crippen LogP contribution in [0.5, 0.6) is 5.75 Å². The quantitative estimate of drug-likeness (QED) is 0.545. The van der Waals surface area contributed by atoms with Gasteiger partial charge in [-0.15, -0.1) is 0 Å². The third-order valence-electron chi connectivity index (χ3n) is 5.30. The summed E-state index contributed by atoms with van der Waals surface area (Å²) in [6, 6.07) is 5.17. The summed E-state index contributed by atoms with van der Waals surface area (Å²) in [4.78, 5) is 44.3. The van der Waals surface area contributed by atoms with E-state index in [0.717, 1.165) is 12.8 Å². The summed E-state index contributed by atoms with van der Waals surface area (Å²) in [5.74, 6) is 0.476. The number of ether oxygens (including phenoxy) is 2. The molecule has 0 amide bonds. The number of aromatic nitrogens is 4. The van der Waals surface area contributed by atoms with Gasteiger partial charge >= 0.3 is 11.7 Å². The molecule has 0 fully saturated rings. The average molecular weight is 459 g/mol. The summed E-state index contributed by atoms with van der Waals surface area (Å²) >= 11 is 6.02. The molecule has 168 valence electrons. The third-order valence-corrected chi connectivity index (χ3v) is 5.53. The second-order valence-corrected chi connectivity index (χ2v) is 7.86. The molecule has 0 saturated carbocycles. The number of rotatable bonds is 7. The molecule has 1 N–H and O–H groups in total. The third kappa shape index (κ3) is 4.08. The number of benzene rings is 1. The van der Waals surface area contributed by atoms with Crippen LogP contribution in [0.1, 0.15) is 38.1 Å². The Bertz CT molecular complexity index is 1330. The number of carbonyl (C=O) groups excluding carboxylic acids is 1. The van der Waals surface area contributed by atoms with Crippen molar-refractivity contribution in [2.45, 2.75) is 46.4 Å². The van der Waals surface area contributed by atoms with E-state index in [1.54, 1.807) is 28.8 Å². The van der Waals surface area contributed by atoms with E-state index >= 15 is 0 Å². The van der Waals surface area contributed by atoms with Crippen LogP contribution >= 0.6 is 11.6 Å². The van der Waals surface area contributed by atoms with Gasteiger partial charge in [0, 0.05) is 23.7 Å². The highest BCUT2D eigenvalue weighted by Crippen LogP contribution is 2.29. The maximum atomic E-state index is 12.6. The number of hydrogen-bond acceptors (Lipinski definition) is 6. The normalized spacial score (nSPS) is 12.9. The van der Waals surface area contributed by atoms with Gasteiger partial charge < -0.3 is 14.0 Å². The number of unbranched alkanes of at least 4 members (excludes halogenated alkanes) is 1. The van der Waals surface area contributed by atoms with Crippen molar-refractivity contribution in [1.82, 2.24) is 19.1 Å². The minimum atomic E-state index is -0.553. The summed E-state index contributed by atoms with van der Waals surface area (Å²) in [7, 11) is 0. The molecule has 1 aromatic carbocycles. The van der Waals surface area contributed by atoms with Crippen molar-refractivity contribution in [2.24, 2.45) is 0 Å². The summed E-state index contributed by atoms with van der Waals surface area (Å²) in [5, 5.41) is 0.536. The van der Waals surface area contributed by atoms with Crippen LogP contribution in [0.4, 0.5) is 0 Å². The lowest BCUT2D eigenvalue weighted by atomic mass is 10.1. The predicted octanol–water partition coefficient (Wildman–Crippen LogP) is 2.88. The highest BCUT2D eigenvalue weighted by Gasteiger charge is 2.22. The Labute approximate surface area is 188 Å². The van der Waals surface area contributed by atoms with Gasteiger partial charge in [-0.05, 0) is 37.6 Å². The minimum Gasteiger partial charge on any atom is -0.488 e. The zero-order valence-electron chi connectivity index (χ0n) is 17.8. The van der Waals surface area contributed by atoms with Gasteiger partial charge in [0.05, 0.1) is 5.57 Å². The molecule has 4 rings (SSSR count). The lowest BCUT2D eigenvalue weighted by molar-refractivity contribution is -0.140. The van der Waals surface area contributed by atoms with Crippen LogP contribution in [0.2, 0.25) is 5.02 Å². The smallest absolute Gasteiger partial charge is 0.337 e. The summed E-state index contributed by atoms with van der Waals surface area (Å²) < 4.78 is 14.2. The van der Waals surface area contributed by atoms with Gasteiger partial charge in [0.25, 0.3) is 5.56 Å². The number of imidazole rings is 1. The number of aryl methyl sites for hydroxylation is 2. The summed E-state index contributed by atoms with van der Waals surface area (Å²) in [6.07, 6.45) is 3.34. The maximum Gasteiger partial charge on any atom is 0.337 e. The van der Waals surface area contributed by atoms with Gasteiger partial charge in [-0.3, -0.25) is 14.3 Å². The zero-order chi connectivity index (χ0) is 22.8. The first kappa shape index (κ1) is 21.9. The van der Waals surface area contributed by atoms with Crippen LogP contribution in [0.15, 0.2) is 33.4 Å². The Kier molecular flexibility index (Phi) is 6.18. The SMILES string of the molecule is CCCCn1c(=O)[nH]c(=O)c2c1nc(COC(=O)C1=Cc3cc(Cl)ccc3OC1)n2CC. The molecule has 0 aliphatic carbocycles. The van der Waals surface area contributed by atoms with E-state index in [1.165, 1.54) is 4.57 Å². The largest absolute Gasteiger partial charge is 0.488 e. The van der Waals surface area contributed by atoms with E-state index in [2.05, 4.69) is 9.97 Å². The number of fused-ring (bicyclic) bond motifs is 2. The van der Waals surface area contributed by atoms with Crippen molar-refractivity contribution in [1.29, 1.82) is 0 Å². The van der Waals surface area contributed by atoms with Crippen molar-refractivity contribution < 1.29 is 14.3 Å². The van der Waals surface area contributed by atoms with Gasteiger partial charge in [0.15, 0.2) is 11.2 Å². The van der Waals surface area contributed by atoms with Crippen LogP contribution in [0, 0.1) is 0 Å². The topological polar surface area (TPSA) is 108 Å². The molecule has 3 aromatic rings. The molecule has 3 heterocycles. The number of esters is 1. The second-order valence-electron chi connectivity index (χ2n) is 7.43. The van der Waals surface area contributed by atoms with E-state index in [-0.39, 0.29) is 18.7 Å². The predicted molar refractivity (Wildman–Crippen MR) is 120 cm³/mol. The van der Waals surface area contributed by atoms with Crippen LogP contribution in [-0.2, 0) is 29.2 Å². The number of hydrogen-bond donors (Lipinski definition) is 1. The number of carbonyl (C=O) groups is 1. The summed E-state index contributed by atoms with van der Waals surface area (Å²) in [5.41, 5.74) is 0.616. The molecule has 0 atom stereocenters. The molecular formula is C22H23ClN4O5. The number of H-pyrrole nitrogens is 1. The molecule has 1 aliphatic heterocycles. The van der Waals surface area contributed by atoms with Crippen LogP contribution in [0.3, 0.4) is 0 Å². The van der Waals surface area contributed by atoms with Gasteiger partial charge in [0.2, 0.25) is 0 Å². The highest BCUT2D eigenvalue weighted by atomic mass is 35.5. The van der Waals surface area contributed by atoms with Crippen LogP contribution < -0.4 is 16.0 Å². The Balaban J connectivity index is 1.62. The molecule has 0 radical (unpaired) electrons. The maximum absolute atomic E-state index is 12.6. The Morgan fingerprint density at radius 2 is 2.09 bits per heavy atom. The van der Waals surface area contributed by atoms with Crippen molar-refractivity contribution >= 4 is 34.8 Å². The second kappa shape index (κ2) is 9.04. The number of halogens is 1. The first-order chi connectivity index (χ1) is 15.4. The number of nitrogens with zero attached hydrogens (tertiary/aromatic N) is 3. The Morgan fingerprint density at radius 3 is 2.84 bits per heavy atom. The van der Waals surface area contributed by atoms with E-state index in [4.69, 9.17) is 21.1 Å². The minimum absolute atomic E-state index is 0.0773. The monoisotopic (exact) mass is 458 g/mol. The van der Waals surface area contributed by atoms with Gasteiger partial charge in [-0.2, -0.15) is 0 Å². The Hall–Kier alpha value is -3.33. The van der Waals surface area contributed by atoms with E-state index in [0.29, 0.717) is 46.5 Å². The number of aromatic amines is 1. The Morgan fingerprint density at radius 1 is 1.28 bits per heavy atom. The van der Waals surface area contributed by atoms with Gasteiger partial charge in [-0.1, -0.05) is 24.9 Å². The van der Waals surface area contributed by atoms with Crippen molar-refractivity contribution in [2.75, 3.05) is 6.61 Å². The molecule has 0 bridgehead atoms. The molecular weight excluding hydrogens is 436 g/mol. The highest BCUT2D eigenvalue weighted by molar-refractivity contribution is 6.30. The zero-order valence-corrected chi connectivity index (χ0v) is 18.6. The van der Waals surface area contributed by atoms with E-state index in [1.807, 2.05) is 13.8 Å².